The van der Waals surface area contributed by atoms with E-state index in [1.54, 1.807) is 0 Å². The summed E-state index contributed by atoms with van der Waals surface area (Å²) >= 11 is 0. The fourth-order valence-corrected chi connectivity index (χ4v) is 1.51. The van der Waals surface area contributed by atoms with Crippen molar-refractivity contribution < 1.29 is 14.1 Å². The van der Waals surface area contributed by atoms with Gasteiger partial charge in [-0.1, -0.05) is 0 Å². The van der Waals surface area contributed by atoms with Gasteiger partial charge in [-0.25, -0.2) is 0 Å². The van der Waals surface area contributed by atoms with Crippen molar-refractivity contribution in [3.8, 4) is 5.75 Å². The van der Waals surface area contributed by atoms with Crippen LogP contribution in [0.3, 0.4) is 0 Å². The van der Waals surface area contributed by atoms with Crippen LogP contribution in [0.5, 0.6) is 5.75 Å². The van der Waals surface area contributed by atoms with E-state index in [0.717, 1.165) is 6.07 Å². The van der Waals surface area contributed by atoms with Crippen molar-refractivity contribution in [1.29, 1.82) is 0 Å². The number of halogens is 1. The molecular formula is C10H7FN2O3. The number of nitro groups is 1. The summed E-state index contributed by atoms with van der Waals surface area (Å²) in [7, 11) is 1.36. The van der Waals surface area contributed by atoms with Gasteiger partial charge in [0.15, 0.2) is 0 Å². The highest BCUT2D eigenvalue weighted by atomic mass is 19.1. The molecule has 0 aliphatic heterocycles. The summed E-state index contributed by atoms with van der Waals surface area (Å²) in [5.41, 5.74) is -0.304. The molecule has 0 saturated carbocycles. The normalized spacial score (nSPS) is 10.4. The van der Waals surface area contributed by atoms with Crippen molar-refractivity contribution in [3.63, 3.8) is 0 Å². The summed E-state index contributed by atoms with van der Waals surface area (Å²) in [6.07, 6.45) is 1.46. The molecule has 2 rings (SSSR count). The van der Waals surface area contributed by atoms with E-state index in [9.17, 15) is 14.5 Å². The molecule has 0 N–H and O–H groups in total. The molecule has 0 bridgehead atoms. The van der Waals surface area contributed by atoms with Gasteiger partial charge in [-0.2, -0.15) is 4.39 Å². The first-order chi connectivity index (χ1) is 7.65. The number of methoxy groups -OCH3 is 1. The molecule has 1 heterocycles. The molecule has 0 unspecified atom stereocenters. The molecule has 16 heavy (non-hydrogen) atoms. The van der Waals surface area contributed by atoms with Crippen LogP contribution in [0.15, 0.2) is 24.4 Å². The van der Waals surface area contributed by atoms with Crippen molar-refractivity contribution in [2.75, 3.05) is 7.11 Å². The van der Waals surface area contributed by atoms with Gasteiger partial charge in [0.25, 0.3) is 0 Å². The Labute approximate surface area is 89.6 Å². The topological polar surface area (TPSA) is 65.3 Å². The number of nitrogens with zero attached hydrogens (tertiary/aromatic N) is 2. The number of ether oxygens (including phenoxy) is 1. The molecule has 1 aromatic carbocycles. The van der Waals surface area contributed by atoms with Gasteiger partial charge < -0.3 is 4.74 Å². The first-order valence-electron chi connectivity index (χ1n) is 4.40. The summed E-state index contributed by atoms with van der Waals surface area (Å²) in [6.45, 7) is 0. The molecule has 82 valence electrons. The first-order valence-corrected chi connectivity index (χ1v) is 4.40. The molecule has 0 amide bonds. The minimum absolute atomic E-state index is 0.129. The lowest BCUT2D eigenvalue weighted by atomic mass is 10.1. The molecular weight excluding hydrogens is 215 g/mol. The SMILES string of the molecule is COc1cc(F)c([N+](=O)[O-])c2cccnc12. The highest BCUT2D eigenvalue weighted by Crippen LogP contribution is 2.33. The molecule has 0 aliphatic carbocycles. The summed E-state index contributed by atoms with van der Waals surface area (Å²) in [5, 5.41) is 10.9. The third-order valence-electron chi connectivity index (χ3n) is 2.18. The quantitative estimate of drug-likeness (QED) is 0.577. The number of fused-ring (bicyclic) bond motifs is 1. The van der Waals surface area contributed by atoms with Crippen LogP contribution in [-0.4, -0.2) is 17.0 Å². The van der Waals surface area contributed by atoms with Crippen LogP contribution in [0.25, 0.3) is 10.9 Å². The van der Waals surface area contributed by atoms with Gasteiger partial charge in [0.2, 0.25) is 5.82 Å². The molecule has 0 radical (unpaired) electrons. The molecule has 5 nitrogen and oxygen atoms in total. The van der Waals surface area contributed by atoms with Gasteiger partial charge in [0, 0.05) is 12.3 Å². The third kappa shape index (κ3) is 1.44. The van der Waals surface area contributed by atoms with E-state index in [1.807, 2.05) is 0 Å². The number of rotatable bonds is 2. The van der Waals surface area contributed by atoms with Crippen LogP contribution in [0.2, 0.25) is 0 Å². The largest absolute Gasteiger partial charge is 0.494 e. The molecule has 1 aromatic heterocycles. The monoisotopic (exact) mass is 222 g/mol. The van der Waals surface area contributed by atoms with Crippen LogP contribution in [-0.2, 0) is 0 Å². The Kier molecular flexibility index (Phi) is 2.40. The Bertz CT molecular complexity index is 571. The number of aromatic nitrogens is 1. The van der Waals surface area contributed by atoms with Gasteiger partial charge in [0.05, 0.1) is 17.4 Å². The van der Waals surface area contributed by atoms with Crippen LogP contribution in [0, 0.1) is 15.9 Å². The number of nitro benzene ring substituents is 1. The predicted octanol–water partition coefficient (Wildman–Crippen LogP) is 2.29. The van der Waals surface area contributed by atoms with E-state index in [1.165, 1.54) is 25.4 Å². The molecule has 0 fully saturated rings. The van der Waals surface area contributed by atoms with Crippen molar-refractivity contribution in [2.24, 2.45) is 0 Å². The fourth-order valence-electron chi connectivity index (χ4n) is 1.51. The van der Waals surface area contributed by atoms with Crippen LogP contribution in [0.1, 0.15) is 0 Å². The van der Waals surface area contributed by atoms with Crippen LogP contribution in [0.4, 0.5) is 10.1 Å². The smallest absolute Gasteiger partial charge is 0.314 e. The maximum Gasteiger partial charge on any atom is 0.314 e. The average Bonchev–Trinajstić information content (AvgIpc) is 2.27. The van der Waals surface area contributed by atoms with Crippen LogP contribution >= 0.6 is 0 Å². The number of hydrogen-bond donors (Lipinski definition) is 0. The van der Waals surface area contributed by atoms with Crippen molar-refractivity contribution in [3.05, 3.63) is 40.3 Å². The lowest BCUT2D eigenvalue weighted by Crippen LogP contribution is -1.97. The van der Waals surface area contributed by atoms with E-state index >= 15 is 0 Å². The van der Waals surface area contributed by atoms with Gasteiger partial charge >= 0.3 is 5.69 Å². The fraction of sp³-hybridized carbons (Fsp3) is 0.100. The van der Waals surface area contributed by atoms with Gasteiger partial charge in [-0.05, 0) is 12.1 Å². The van der Waals surface area contributed by atoms with Crippen molar-refractivity contribution >= 4 is 16.6 Å². The van der Waals surface area contributed by atoms with Crippen molar-refractivity contribution in [1.82, 2.24) is 4.98 Å². The summed E-state index contributed by atoms with van der Waals surface area (Å²) in [5.74, 6) is -0.749. The number of hydrogen-bond acceptors (Lipinski definition) is 4. The summed E-state index contributed by atoms with van der Waals surface area (Å²) in [6, 6.07) is 3.91. The first kappa shape index (κ1) is 10.3. The minimum Gasteiger partial charge on any atom is -0.494 e. The zero-order valence-electron chi connectivity index (χ0n) is 8.31. The minimum atomic E-state index is -0.928. The highest BCUT2D eigenvalue weighted by Gasteiger charge is 2.22. The Balaban J connectivity index is 2.92. The second kappa shape index (κ2) is 3.73. The number of pyridine rings is 1. The maximum atomic E-state index is 13.5. The average molecular weight is 222 g/mol. The standard InChI is InChI=1S/C10H7FN2O3/c1-16-8-5-7(11)10(13(14)15)6-3-2-4-12-9(6)8/h2-5H,1H3. The molecule has 0 saturated heterocycles. The van der Waals surface area contributed by atoms with E-state index in [4.69, 9.17) is 4.74 Å². The lowest BCUT2D eigenvalue weighted by Gasteiger charge is -2.05. The molecule has 2 aromatic rings. The van der Waals surface area contributed by atoms with E-state index in [0.29, 0.717) is 0 Å². The lowest BCUT2D eigenvalue weighted by molar-refractivity contribution is -0.385. The van der Waals surface area contributed by atoms with Gasteiger partial charge in [-0.3, -0.25) is 15.1 Å². The summed E-state index contributed by atoms with van der Waals surface area (Å²) < 4.78 is 18.4. The zero-order chi connectivity index (χ0) is 11.7. The Morgan fingerprint density at radius 1 is 1.56 bits per heavy atom. The predicted molar refractivity (Wildman–Crippen MR) is 54.9 cm³/mol. The van der Waals surface area contributed by atoms with Crippen LogP contribution < -0.4 is 4.74 Å². The molecule has 6 heteroatoms. The van der Waals surface area contributed by atoms with E-state index in [-0.39, 0.29) is 16.7 Å². The molecule has 0 aliphatic rings. The van der Waals surface area contributed by atoms with E-state index in [2.05, 4.69) is 4.98 Å². The Hall–Kier alpha value is -2.24. The Morgan fingerprint density at radius 2 is 2.31 bits per heavy atom. The second-order valence-electron chi connectivity index (χ2n) is 3.07. The maximum absolute atomic E-state index is 13.5. The molecule has 0 atom stereocenters. The Morgan fingerprint density at radius 3 is 2.94 bits per heavy atom. The van der Waals surface area contributed by atoms with Crippen molar-refractivity contribution in [2.45, 2.75) is 0 Å². The highest BCUT2D eigenvalue weighted by molar-refractivity contribution is 5.92. The third-order valence-corrected chi connectivity index (χ3v) is 2.18. The van der Waals surface area contributed by atoms with Gasteiger partial charge in [0.1, 0.15) is 11.3 Å². The molecule has 0 spiro atoms. The van der Waals surface area contributed by atoms with Gasteiger partial charge in [-0.15, -0.1) is 0 Å². The zero-order valence-corrected chi connectivity index (χ0v) is 8.31. The van der Waals surface area contributed by atoms with E-state index < -0.39 is 16.4 Å². The number of benzene rings is 1. The second-order valence-corrected chi connectivity index (χ2v) is 3.07. The summed E-state index contributed by atoms with van der Waals surface area (Å²) in [4.78, 5) is 13.9.